The van der Waals surface area contributed by atoms with Gasteiger partial charge in [-0.3, -0.25) is 4.79 Å². The molecular formula is C19H17F3N2O2. The number of alkyl halides is 3. The summed E-state index contributed by atoms with van der Waals surface area (Å²) >= 11 is 0. The van der Waals surface area contributed by atoms with E-state index in [0.717, 1.165) is 11.3 Å². The van der Waals surface area contributed by atoms with Gasteiger partial charge in [-0.05, 0) is 41.8 Å². The summed E-state index contributed by atoms with van der Waals surface area (Å²) in [7, 11) is 0. The second kappa shape index (κ2) is 7.11. The zero-order chi connectivity index (χ0) is 18.7. The fourth-order valence-corrected chi connectivity index (χ4v) is 2.93. The molecule has 1 amide bonds. The van der Waals surface area contributed by atoms with Gasteiger partial charge in [0.2, 0.25) is 5.91 Å². The van der Waals surface area contributed by atoms with Crippen LogP contribution < -0.4 is 15.4 Å². The van der Waals surface area contributed by atoms with Gasteiger partial charge in [-0.25, -0.2) is 0 Å². The van der Waals surface area contributed by atoms with Crippen LogP contribution in [0.5, 0.6) is 5.75 Å². The van der Waals surface area contributed by atoms with E-state index in [4.69, 9.17) is 5.73 Å². The topological polar surface area (TPSA) is 55.6 Å². The van der Waals surface area contributed by atoms with Gasteiger partial charge >= 0.3 is 6.36 Å². The number of ether oxygens (including phenoxy) is 1. The number of amides is 1. The summed E-state index contributed by atoms with van der Waals surface area (Å²) in [6, 6.07) is 13.5. The first-order chi connectivity index (χ1) is 12.3. The standard InChI is InChI=1S/C19H17F3N2O2/c20-19(21,22)26-16-6-3-4-13(10-16)8-9-24-12-15(18(23)25)11-14-5-1-2-7-17(14)24/h1-7,10-11H,8-9,12H2,(H2,23,25). The maximum absolute atomic E-state index is 12.4. The third-order valence-electron chi connectivity index (χ3n) is 4.09. The van der Waals surface area contributed by atoms with Gasteiger partial charge in [0.25, 0.3) is 0 Å². The van der Waals surface area contributed by atoms with Gasteiger partial charge < -0.3 is 15.4 Å². The Hall–Kier alpha value is -2.96. The van der Waals surface area contributed by atoms with E-state index in [1.165, 1.54) is 18.2 Å². The highest BCUT2D eigenvalue weighted by atomic mass is 19.4. The van der Waals surface area contributed by atoms with Crippen LogP contribution in [0.3, 0.4) is 0 Å². The zero-order valence-electron chi connectivity index (χ0n) is 13.8. The van der Waals surface area contributed by atoms with Crippen LogP contribution >= 0.6 is 0 Å². The summed E-state index contributed by atoms with van der Waals surface area (Å²) in [5.41, 5.74) is 8.47. The maximum Gasteiger partial charge on any atom is 0.573 e. The van der Waals surface area contributed by atoms with E-state index < -0.39 is 12.3 Å². The first-order valence-electron chi connectivity index (χ1n) is 8.01. The quantitative estimate of drug-likeness (QED) is 0.886. The number of hydrogen-bond acceptors (Lipinski definition) is 3. The summed E-state index contributed by atoms with van der Waals surface area (Å²) in [5.74, 6) is -0.725. The second-order valence-corrected chi connectivity index (χ2v) is 5.96. The molecule has 1 heterocycles. The Morgan fingerprint density at radius 3 is 2.65 bits per heavy atom. The number of para-hydroxylation sites is 1. The third-order valence-corrected chi connectivity index (χ3v) is 4.09. The van der Waals surface area contributed by atoms with Crippen LogP contribution in [-0.2, 0) is 11.2 Å². The lowest BCUT2D eigenvalue weighted by atomic mass is 10.0. The molecule has 2 N–H and O–H groups in total. The molecule has 0 unspecified atom stereocenters. The van der Waals surface area contributed by atoms with E-state index >= 15 is 0 Å². The first-order valence-corrected chi connectivity index (χ1v) is 8.01. The number of halogens is 3. The van der Waals surface area contributed by atoms with Crippen molar-refractivity contribution < 1.29 is 22.7 Å². The van der Waals surface area contributed by atoms with Crippen LogP contribution in [-0.4, -0.2) is 25.4 Å². The molecule has 0 aromatic heterocycles. The minimum absolute atomic E-state index is 0.244. The molecule has 2 aromatic rings. The van der Waals surface area contributed by atoms with Crippen molar-refractivity contribution in [2.75, 3.05) is 18.0 Å². The number of rotatable bonds is 5. The number of carbonyl (C=O) groups excluding carboxylic acids is 1. The molecule has 2 aromatic carbocycles. The highest BCUT2D eigenvalue weighted by Crippen LogP contribution is 2.29. The van der Waals surface area contributed by atoms with Crippen molar-refractivity contribution in [1.29, 1.82) is 0 Å². The van der Waals surface area contributed by atoms with E-state index in [9.17, 15) is 18.0 Å². The normalized spacial score (nSPS) is 13.8. The van der Waals surface area contributed by atoms with Crippen molar-refractivity contribution in [3.05, 3.63) is 65.2 Å². The highest BCUT2D eigenvalue weighted by Gasteiger charge is 2.31. The molecule has 136 valence electrons. The van der Waals surface area contributed by atoms with E-state index in [0.29, 0.717) is 30.6 Å². The molecular weight excluding hydrogens is 345 g/mol. The van der Waals surface area contributed by atoms with Gasteiger partial charge in [0.05, 0.1) is 0 Å². The molecule has 0 aliphatic carbocycles. The first kappa shape index (κ1) is 17.8. The predicted molar refractivity (Wildman–Crippen MR) is 92.7 cm³/mol. The Labute approximate surface area is 148 Å². The molecule has 1 aliphatic rings. The molecule has 0 atom stereocenters. The predicted octanol–water partition coefficient (Wildman–Crippen LogP) is 3.52. The Balaban J connectivity index is 1.75. The van der Waals surface area contributed by atoms with Crippen LogP contribution in [0.1, 0.15) is 11.1 Å². The number of hydrogen-bond donors (Lipinski definition) is 1. The third kappa shape index (κ3) is 4.36. The van der Waals surface area contributed by atoms with Gasteiger partial charge in [0.1, 0.15) is 5.75 Å². The molecule has 4 nitrogen and oxygen atoms in total. The van der Waals surface area contributed by atoms with Crippen LogP contribution in [0.4, 0.5) is 18.9 Å². The SMILES string of the molecule is NC(=O)C1=Cc2ccccc2N(CCc2cccc(OC(F)(F)F)c2)C1. The summed E-state index contributed by atoms with van der Waals surface area (Å²) in [6.07, 6.45) is -2.45. The molecule has 0 saturated heterocycles. The van der Waals surface area contributed by atoms with Crippen molar-refractivity contribution in [3.8, 4) is 5.75 Å². The largest absolute Gasteiger partial charge is 0.573 e. The zero-order valence-corrected chi connectivity index (χ0v) is 13.8. The van der Waals surface area contributed by atoms with Gasteiger partial charge in [0, 0.05) is 24.4 Å². The monoisotopic (exact) mass is 362 g/mol. The van der Waals surface area contributed by atoms with Crippen molar-refractivity contribution >= 4 is 17.7 Å². The molecule has 7 heteroatoms. The van der Waals surface area contributed by atoms with Crippen LogP contribution in [0.15, 0.2) is 54.1 Å². The average Bonchev–Trinajstić information content (AvgIpc) is 2.58. The van der Waals surface area contributed by atoms with Gasteiger partial charge in [-0.1, -0.05) is 30.3 Å². The molecule has 0 spiro atoms. The minimum Gasteiger partial charge on any atom is -0.406 e. The van der Waals surface area contributed by atoms with Crippen molar-refractivity contribution in [1.82, 2.24) is 0 Å². The Morgan fingerprint density at radius 1 is 1.15 bits per heavy atom. The van der Waals surface area contributed by atoms with E-state index in [2.05, 4.69) is 4.74 Å². The van der Waals surface area contributed by atoms with Crippen molar-refractivity contribution in [3.63, 3.8) is 0 Å². The number of anilines is 1. The Kier molecular flexibility index (Phi) is 4.88. The van der Waals surface area contributed by atoms with Crippen LogP contribution in [0, 0.1) is 0 Å². The van der Waals surface area contributed by atoms with Crippen molar-refractivity contribution in [2.24, 2.45) is 5.73 Å². The van der Waals surface area contributed by atoms with Gasteiger partial charge in [0.15, 0.2) is 0 Å². The smallest absolute Gasteiger partial charge is 0.406 e. The molecule has 0 bridgehead atoms. The summed E-state index contributed by atoms with van der Waals surface area (Å²) in [6.45, 7) is 0.891. The van der Waals surface area contributed by atoms with E-state index in [1.54, 1.807) is 12.1 Å². The fraction of sp³-hybridized carbons (Fsp3) is 0.211. The number of fused-ring (bicyclic) bond motifs is 1. The van der Waals surface area contributed by atoms with E-state index in [1.807, 2.05) is 29.2 Å². The Bertz CT molecular complexity index is 847. The summed E-state index contributed by atoms with van der Waals surface area (Å²) in [5, 5.41) is 0. The number of carbonyl (C=O) groups is 1. The molecule has 0 saturated carbocycles. The molecule has 0 radical (unpaired) electrons. The van der Waals surface area contributed by atoms with Crippen molar-refractivity contribution in [2.45, 2.75) is 12.8 Å². The molecule has 1 aliphatic heterocycles. The lowest BCUT2D eigenvalue weighted by Crippen LogP contribution is -2.34. The van der Waals surface area contributed by atoms with Gasteiger partial charge in [-0.2, -0.15) is 0 Å². The maximum atomic E-state index is 12.4. The van der Waals surface area contributed by atoms with Crippen LogP contribution in [0.25, 0.3) is 6.08 Å². The average molecular weight is 362 g/mol. The van der Waals surface area contributed by atoms with E-state index in [-0.39, 0.29) is 5.75 Å². The molecule has 26 heavy (non-hydrogen) atoms. The fourth-order valence-electron chi connectivity index (χ4n) is 2.93. The lowest BCUT2D eigenvalue weighted by molar-refractivity contribution is -0.274. The molecule has 3 rings (SSSR count). The second-order valence-electron chi connectivity index (χ2n) is 5.96. The lowest BCUT2D eigenvalue weighted by Gasteiger charge is -2.30. The number of nitrogens with zero attached hydrogens (tertiary/aromatic N) is 1. The molecule has 0 fully saturated rings. The summed E-state index contributed by atoms with van der Waals surface area (Å²) in [4.78, 5) is 13.6. The highest BCUT2D eigenvalue weighted by molar-refractivity contribution is 6.00. The number of benzene rings is 2. The minimum atomic E-state index is -4.72. The van der Waals surface area contributed by atoms with Gasteiger partial charge in [-0.15, -0.1) is 13.2 Å². The number of nitrogens with two attached hydrogens (primary N) is 1. The van der Waals surface area contributed by atoms with Crippen LogP contribution in [0.2, 0.25) is 0 Å². The Morgan fingerprint density at radius 2 is 1.92 bits per heavy atom. The summed E-state index contributed by atoms with van der Waals surface area (Å²) < 4.78 is 41.0. The number of primary amides is 1.